The molecule has 104 valence electrons. The second-order valence-corrected chi connectivity index (χ2v) is 4.41. The third-order valence-corrected chi connectivity index (χ3v) is 2.71. The van der Waals surface area contributed by atoms with Crippen LogP contribution in [0, 0.1) is 0 Å². The van der Waals surface area contributed by atoms with Crippen molar-refractivity contribution in [3.63, 3.8) is 0 Å². The summed E-state index contributed by atoms with van der Waals surface area (Å²) in [6.45, 7) is 0.852. The first-order valence-electron chi connectivity index (χ1n) is 5.60. The van der Waals surface area contributed by atoms with E-state index >= 15 is 0 Å². The number of halogens is 2. The van der Waals surface area contributed by atoms with Gasteiger partial charge in [0.25, 0.3) is 5.91 Å². The number of hydrogen-bond donors (Lipinski definition) is 2. The number of carbonyl (C=O) groups is 2. The van der Waals surface area contributed by atoms with E-state index in [2.05, 4.69) is 5.43 Å². The van der Waals surface area contributed by atoms with Gasteiger partial charge in [-0.05, 0) is 12.1 Å². The number of carboxylic acids is 1. The van der Waals surface area contributed by atoms with Gasteiger partial charge in [0.2, 0.25) is 0 Å². The van der Waals surface area contributed by atoms with Crippen molar-refractivity contribution in [3.8, 4) is 0 Å². The van der Waals surface area contributed by atoms with E-state index in [1.54, 1.807) is 17.1 Å². The van der Waals surface area contributed by atoms with Gasteiger partial charge in [-0.25, -0.2) is 9.80 Å². The van der Waals surface area contributed by atoms with Crippen molar-refractivity contribution in [2.75, 3.05) is 24.8 Å². The monoisotopic (exact) mass is 304 g/mol. The van der Waals surface area contributed by atoms with Crippen LogP contribution in [0.25, 0.3) is 0 Å². The predicted molar refractivity (Wildman–Crippen MR) is 73.9 cm³/mol. The number of nitrogens with zero attached hydrogens (tertiary/aromatic N) is 1. The van der Waals surface area contributed by atoms with Crippen molar-refractivity contribution in [2.24, 2.45) is 0 Å². The maximum absolute atomic E-state index is 12.0. The molecule has 0 aliphatic rings. The molecule has 19 heavy (non-hydrogen) atoms. The number of benzene rings is 1. The Morgan fingerprint density at radius 3 is 2.11 bits per heavy atom. The molecule has 0 atom stereocenters. The Balaban J connectivity index is 2.85. The second-order valence-electron chi connectivity index (χ2n) is 3.66. The van der Waals surface area contributed by atoms with E-state index < -0.39 is 11.9 Å². The fraction of sp³-hybridized carbons (Fsp3) is 0.333. The molecule has 0 unspecified atom stereocenters. The van der Waals surface area contributed by atoms with Gasteiger partial charge in [-0.1, -0.05) is 12.1 Å². The highest BCUT2D eigenvalue weighted by Crippen LogP contribution is 2.08. The zero-order valence-electron chi connectivity index (χ0n) is 10.1. The molecule has 0 heterocycles. The minimum atomic E-state index is -1.15. The average molecular weight is 305 g/mol. The van der Waals surface area contributed by atoms with Gasteiger partial charge in [-0.2, -0.15) is 0 Å². The van der Waals surface area contributed by atoms with Crippen molar-refractivity contribution in [2.45, 2.75) is 0 Å². The van der Waals surface area contributed by atoms with E-state index in [-0.39, 0.29) is 11.1 Å². The molecule has 0 aliphatic carbocycles. The normalized spacial score (nSPS) is 10.5. The molecule has 0 aliphatic heterocycles. The Bertz CT molecular complexity index is 448. The summed E-state index contributed by atoms with van der Waals surface area (Å²) in [7, 11) is 0. The van der Waals surface area contributed by atoms with Gasteiger partial charge in [-0.3, -0.25) is 10.2 Å². The maximum atomic E-state index is 12.0. The predicted octanol–water partition coefficient (Wildman–Crippen LogP) is 1.81. The second kappa shape index (κ2) is 7.99. The van der Waals surface area contributed by atoms with Crippen molar-refractivity contribution in [3.05, 3.63) is 35.4 Å². The first-order chi connectivity index (χ1) is 9.10. The van der Waals surface area contributed by atoms with Crippen LogP contribution in [-0.2, 0) is 0 Å². The Morgan fingerprint density at radius 2 is 1.63 bits per heavy atom. The van der Waals surface area contributed by atoms with Crippen LogP contribution in [0.4, 0.5) is 0 Å². The summed E-state index contributed by atoms with van der Waals surface area (Å²) >= 11 is 11.2. The van der Waals surface area contributed by atoms with E-state index in [1.807, 2.05) is 0 Å². The van der Waals surface area contributed by atoms with Crippen LogP contribution in [0.2, 0.25) is 0 Å². The van der Waals surface area contributed by atoms with Crippen molar-refractivity contribution < 1.29 is 14.7 Å². The van der Waals surface area contributed by atoms with Gasteiger partial charge in [-0.15, -0.1) is 23.2 Å². The number of hydrogen-bond acceptors (Lipinski definition) is 3. The number of alkyl halides is 2. The summed E-state index contributed by atoms with van der Waals surface area (Å²) in [6, 6.07) is 6.01. The molecule has 0 saturated heterocycles. The molecule has 1 amide bonds. The van der Waals surface area contributed by atoms with E-state index in [9.17, 15) is 9.59 Å². The molecule has 0 saturated carbocycles. The van der Waals surface area contributed by atoms with Crippen LogP contribution < -0.4 is 5.43 Å². The fourth-order valence-corrected chi connectivity index (χ4v) is 1.91. The number of nitrogens with one attached hydrogen (secondary N) is 1. The zero-order chi connectivity index (χ0) is 14.3. The summed E-state index contributed by atoms with van der Waals surface area (Å²) in [5, 5.41) is 10.6. The first-order valence-corrected chi connectivity index (χ1v) is 6.67. The molecule has 0 fully saturated rings. The third-order valence-electron chi connectivity index (χ3n) is 2.37. The van der Waals surface area contributed by atoms with Crippen molar-refractivity contribution >= 4 is 35.1 Å². The molecule has 0 spiro atoms. The fourth-order valence-electron chi connectivity index (χ4n) is 1.50. The number of rotatable bonds is 7. The molecule has 5 nitrogen and oxygen atoms in total. The number of hydrazine groups is 1. The molecular formula is C12H14Cl2N2O3. The van der Waals surface area contributed by atoms with E-state index in [1.165, 1.54) is 12.1 Å². The minimum Gasteiger partial charge on any atom is -0.478 e. The van der Waals surface area contributed by atoms with Crippen molar-refractivity contribution in [1.29, 1.82) is 0 Å². The Hall–Kier alpha value is -1.30. The topological polar surface area (TPSA) is 69.6 Å². The standard InChI is InChI=1S/C12H14Cl2N2O3/c13-5-7-16(8-6-14)15-11(17)9-3-1-2-4-10(9)12(18)19/h1-4H,5-8H2,(H,15,17)(H,18,19). The summed E-state index contributed by atoms with van der Waals surface area (Å²) < 4.78 is 0. The lowest BCUT2D eigenvalue weighted by molar-refractivity contribution is 0.0683. The number of carbonyl (C=O) groups excluding carboxylic acids is 1. The van der Waals surface area contributed by atoms with Gasteiger partial charge >= 0.3 is 5.97 Å². The Kier molecular flexibility index (Phi) is 6.62. The lowest BCUT2D eigenvalue weighted by atomic mass is 10.1. The third kappa shape index (κ3) is 4.70. The minimum absolute atomic E-state index is 0.0447. The summed E-state index contributed by atoms with van der Waals surface area (Å²) in [4.78, 5) is 23.1. The van der Waals surface area contributed by atoms with Crippen LogP contribution in [0.3, 0.4) is 0 Å². The van der Waals surface area contributed by atoms with Gasteiger partial charge < -0.3 is 5.11 Å². The Morgan fingerprint density at radius 1 is 1.11 bits per heavy atom. The van der Waals surface area contributed by atoms with E-state index in [0.29, 0.717) is 24.8 Å². The van der Waals surface area contributed by atoms with E-state index in [0.717, 1.165) is 0 Å². The van der Waals surface area contributed by atoms with Gasteiger partial charge in [0.15, 0.2) is 0 Å². The quantitative estimate of drug-likeness (QED) is 0.595. The van der Waals surface area contributed by atoms with Crippen LogP contribution in [0.15, 0.2) is 24.3 Å². The van der Waals surface area contributed by atoms with Crippen LogP contribution >= 0.6 is 23.2 Å². The number of amides is 1. The maximum Gasteiger partial charge on any atom is 0.336 e. The number of aromatic carboxylic acids is 1. The molecule has 2 N–H and O–H groups in total. The van der Waals surface area contributed by atoms with Crippen molar-refractivity contribution in [1.82, 2.24) is 10.4 Å². The SMILES string of the molecule is O=C(O)c1ccccc1C(=O)NN(CCCl)CCCl. The highest BCUT2D eigenvalue weighted by atomic mass is 35.5. The Labute approximate surface area is 121 Å². The van der Waals surface area contributed by atoms with Gasteiger partial charge in [0.1, 0.15) is 0 Å². The molecule has 1 aromatic rings. The number of carboxylic acid groups (broad SMARTS) is 1. The summed E-state index contributed by atoms with van der Waals surface area (Å²) in [6.07, 6.45) is 0. The molecule has 0 aromatic heterocycles. The summed E-state index contributed by atoms with van der Waals surface area (Å²) in [5.74, 6) is -0.976. The molecule has 7 heteroatoms. The van der Waals surface area contributed by atoms with E-state index in [4.69, 9.17) is 28.3 Å². The summed E-state index contributed by atoms with van der Waals surface area (Å²) in [5.41, 5.74) is 2.65. The van der Waals surface area contributed by atoms with Crippen LogP contribution in [0.5, 0.6) is 0 Å². The largest absolute Gasteiger partial charge is 0.478 e. The first kappa shape index (κ1) is 15.8. The average Bonchev–Trinajstić information content (AvgIpc) is 2.39. The molecule has 0 bridgehead atoms. The lowest BCUT2D eigenvalue weighted by Gasteiger charge is -2.21. The highest BCUT2D eigenvalue weighted by molar-refractivity contribution is 6.18. The highest BCUT2D eigenvalue weighted by Gasteiger charge is 2.17. The van der Waals surface area contributed by atoms with Gasteiger partial charge in [0, 0.05) is 24.8 Å². The molecular weight excluding hydrogens is 291 g/mol. The smallest absolute Gasteiger partial charge is 0.336 e. The van der Waals surface area contributed by atoms with Crippen LogP contribution in [0.1, 0.15) is 20.7 Å². The molecule has 1 rings (SSSR count). The van der Waals surface area contributed by atoms with Gasteiger partial charge in [0.05, 0.1) is 11.1 Å². The zero-order valence-corrected chi connectivity index (χ0v) is 11.6. The van der Waals surface area contributed by atoms with Crippen LogP contribution in [-0.4, -0.2) is 46.8 Å². The molecule has 1 aromatic carbocycles. The lowest BCUT2D eigenvalue weighted by Crippen LogP contribution is -2.44. The molecule has 0 radical (unpaired) electrons.